The lowest BCUT2D eigenvalue weighted by atomic mass is 10.2. The lowest BCUT2D eigenvalue weighted by Crippen LogP contribution is -2.20. The number of halogens is 2. The highest BCUT2D eigenvalue weighted by atomic mass is 79.9. The van der Waals surface area contributed by atoms with Crippen LogP contribution in [0.1, 0.15) is 18.7 Å². The number of fused-ring (bicyclic) bond motifs is 1. The van der Waals surface area contributed by atoms with E-state index < -0.39 is 11.4 Å². The van der Waals surface area contributed by atoms with Crippen molar-refractivity contribution in [3.05, 3.63) is 87.4 Å². The first kappa shape index (κ1) is 20.0. The van der Waals surface area contributed by atoms with Crippen molar-refractivity contribution in [1.29, 1.82) is 0 Å². The summed E-state index contributed by atoms with van der Waals surface area (Å²) in [5.41, 5.74) is 0.900. The van der Waals surface area contributed by atoms with E-state index in [1.54, 1.807) is 22.9 Å². The number of aryl methyl sites for hydroxylation is 1. The van der Waals surface area contributed by atoms with Gasteiger partial charge in [-0.3, -0.25) is 18.6 Å². The van der Waals surface area contributed by atoms with E-state index in [1.807, 2.05) is 24.3 Å². The van der Waals surface area contributed by atoms with Crippen LogP contribution in [-0.2, 0) is 11.2 Å². The molecule has 0 saturated heterocycles. The molecule has 30 heavy (non-hydrogen) atoms. The summed E-state index contributed by atoms with van der Waals surface area (Å²) in [6, 6.07) is 13.1. The molecule has 0 unspecified atom stereocenters. The summed E-state index contributed by atoms with van der Waals surface area (Å²) in [4.78, 5) is 24.8. The molecule has 1 amide bonds. The van der Waals surface area contributed by atoms with Crippen LogP contribution >= 0.6 is 15.9 Å². The Morgan fingerprint density at radius 2 is 1.90 bits per heavy atom. The Morgan fingerprint density at radius 3 is 2.67 bits per heavy atom. The minimum Gasteiger partial charge on any atom is -0.326 e. The molecule has 0 aliphatic carbocycles. The third-order valence-electron chi connectivity index (χ3n) is 4.56. The van der Waals surface area contributed by atoms with Crippen LogP contribution < -0.4 is 10.9 Å². The van der Waals surface area contributed by atoms with E-state index in [-0.39, 0.29) is 11.6 Å². The number of benzene rings is 2. The first-order chi connectivity index (χ1) is 14.5. The SMILES string of the molecule is O=C(CCCc1nnc2c(=O)n(-c3cccc(F)c3)ccn12)Nc1ccc(Br)cc1. The normalized spacial score (nSPS) is 11.0. The van der Waals surface area contributed by atoms with E-state index in [4.69, 9.17) is 0 Å². The van der Waals surface area contributed by atoms with E-state index in [0.717, 1.165) is 10.2 Å². The van der Waals surface area contributed by atoms with Gasteiger partial charge in [-0.05, 0) is 48.9 Å². The fraction of sp³-hybridized carbons (Fsp3) is 0.143. The van der Waals surface area contributed by atoms with Gasteiger partial charge in [0.05, 0.1) is 5.69 Å². The average molecular weight is 470 g/mol. The molecule has 0 bridgehead atoms. The molecule has 1 N–H and O–H groups in total. The van der Waals surface area contributed by atoms with Crippen LogP contribution in [0.15, 0.2) is 70.2 Å². The summed E-state index contributed by atoms with van der Waals surface area (Å²) in [5, 5.41) is 10.9. The summed E-state index contributed by atoms with van der Waals surface area (Å²) in [7, 11) is 0. The molecule has 4 rings (SSSR count). The average Bonchev–Trinajstić information content (AvgIpc) is 3.14. The van der Waals surface area contributed by atoms with E-state index in [9.17, 15) is 14.0 Å². The van der Waals surface area contributed by atoms with Crippen LogP contribution in [0.4, 0.5) is 10.1 Å². The number of rotatable bonds is 6. The van der Waals surface area contributed by atoms with Gasteiger partial charge >= 0.3 is 5.56 Å². The van der Waals surface area contributed by atoms with Gasteiger partial charge in [0.2, 0.25) is 11.6 Å². The molecule has 2 aromatic carbocycles. The van der Waals surface area contributed by atoms with Crippen LogP contribution in [0.25, 0.3) is 11.3 Å². The van der Waals surface area contributed by atoms with Crippen LogP contribution in [0, 0.1) is 5.82 Å². The molecule has 0 fully saturated rings. The van der Waals surface area contributed by atoms with Crippen molar-refractivity contribution < 1.29 is 9.18 Å². The molecule has 0 spiro atoms. The Labute approximate surface area is 179 Å². The predicted octanol–water partition coefficient (Wildman–Crippen LogP) is 3.74. The molecular formula is C21H17BrFN5O2. The zero-order valence-corrected chi connectivity index (χ0v) is 17.3. The molecular weight excluding hydrogens is 453 g/mol. The first-order valence-electron chi connectivity index (χ1n) is 9.28. The number of hydrogen-bond acceptors (Lipinski definition) is 4. The highest BCUT2D eigenvalue weighted by Crippen LogP contribution is 2.15. The van der Waals surface area contributed by atoms with Crippen LogP contribution in [0.3, 0.4) is 0 Å². The molecule has 152 valence electrons. The van der Waals surface area contributed by atoms with Gasteiger partial charge in [0.1, 0.15) is 11.6 Å². The van der Waals surface area contributed by atoms with Crippen LogP contribution in [0.5, 0.6) is 0 Å². The molecule has 7 nitrogen and oxygen atoms in total. The maximum Gasteiger partial charge on any atom is 0.300 e. The second kappa shape index (κ2) is 8.58. The number of carbonyl (C=O) groups excluding carboxylic acids is 1. The molecule has 0 saturated carbocycles. The predicted molar refractivity (Wildman–Crippen MR) is 114 cm³/mol. The topological polar surface area (TPSA) is 81.3 Å². The maximum atomic E-state index is 13.5. The van der Waals surface area contributed by atoms with Crippen molar-refractivity contribution in [2.75, 3.05) is 5.32 Å². The van der Waals surface area contributed by atoms with Crippen molar-refractivity contribution in [1.82, 2.24) is 19.2 Å². The molecule has 0 aliphatic heterocycles. The number of hydrogen-bond donors (Lipinski definition) is 1. The lowest BCUT2D eigenvalue weighted by molar-refractivity contribution is -0.116. The number of carbonyl (C=O) groups is 1. The highest BCUT2D eigenvalue weighted by molar-refractivity contribution is 9.10. The molecule has 2 heterocycles. The largest absolute Gasteiger partial charge is 0.326 e. The Kier molecular flexibility index (Phi) is 5.71. The summed E-state index contributed by atoms with van der Waals surface area (Å²) >= 11 is 3.35. The van der Waals surface area contributed by atoms with Crippen LogP contribution in [0.2, 0.25) is 0 Å². The maximum absolute atomic E-state index is 13.5. The third-order valence-corrected chi connectivity index (χ3v) is 5.09. The molecule has 4 aromatic rings. The quantitative estimate of drug-likeness (QED) is 0.466. The Bertz CT molecular complexity index is 1270. The van der Waals surface area contributed by atoms with Crippen molar-refractivity contribution in [2.24, 2.45) is 0 Å². The number of anilines is 1. The Balaban J connectivity index is 1.44. The first-order valence-corrected chi connectivity index (χ1v) is 10.1. The minimum absolute atomic E-state index is 0.0976. The van der Waals surface area contributed by atoms with E-state index in [2.05, 4.69) is 31.4 Å². The smallest absolute Gasteiger partial charge is 0.300 e. The van der Waals surface area contributed by atoms with Gasteiger partial charge in [-0.15, -0.1) is 10.2 Å². The molecule has 0 radical (unpaired) electrons. The van der Waals surface area contributed by atoms with Gasteiger partial charge in [0, 0.05) is 35.4 Å². The molecule has 2 aromatic heterocycles. The second-order valence-electron chi connectivity index (χ2n) is 6.67. The van der Waals surface area contributed by atoms with E-state index in [1.165, 1.54) is 22.8 Å². The van der Waals surface area contributed by atoms with Gasteiger partial charge in [0.15, 0.2) is 0 Å². The summed E-state index contributed by atoms with van der Waals surface area (Å²) < 4.78 is 17.3. The summed E-state index contributed by atoms with van der Waals surface area (Å²) in [5.74, 6) is 0.0624. The van der Waals surface area contributed by atoms with Gasteiger partial charge in [-0.25, -0.2) is 4.39 Å². The number of nitrogens with zero attached hydrogens (tertiary/aromatic N) is 4. The van der Waals surface area contributed by atoms with Gasteiger partial charge < -0.3 is 5.32 Å². The van der Waals surface area contributed by atoms with Gasteiger partial charge in [-0.1, -0.05) is 22.0 Å². The number of nitrogens with one attached hydrogen (secondary N) is 1. The number of aromatic nitrogens is 4. The number of amides is 1. The molecule has 0 atom stereocenters. The van der Waals surface area contributed by atoms with Crippen molar-refractivity contribution in [3.63, 3.8) is 0 Å². The van der Waals surface area contributed by atoms with Gasteiger partial charge in [0.25, 0.3) is 0 Å². The fourth-order valence-electron chi connectivity index (χ4n) is 3.10. The summed E-state index contributed by atoms with van der Waals surface area (Å²) in [6.07, 6.45) is 4.57. The van der Waals surface area contributed by atoms with Crippen molar-refractivity contribution in [3.8, 4) is 5.69 Å². The van der Waals surface area contributed by atoms with Crippen molar-refractivity contribution in [2.45, 2.75) is 19.3 Å². The van der Waals surface area contributed by atoms with Crippen molar-refractivity contribution >= 4 is 33.2 Å². The standard InChI is InChI=1S/C21H17BrFN5O2/c22-14-7-9-16(10-8-14)24-19(29)6-2-5-18-25-26-20-21(30)27(11-12-28(18)20)17-4-1-3-15(23)13-17/h1,3-4,7-13H,2,5-6H2,(H,24,29). The van der Waals surface area contributed by atoms with Crippen LogP contribution in [-0.4, -0.2) is 25.1 Å². The van der Waals surface area contributed by atoms with Gasteiger partial charge in [-0.2, -0.15) is 0 Å². The molecule has 0 aliphatic rings. The Morgan fingerprint density at radius 1 is 1.10 bits per heavy atom. The zero-order valence-electron chi connectivity index (χ0n) is 15.8. The van der Waals surface area contributed by atoms with E-state index in [0.29, 0.717) is 30.8 Å². The molecule has 9 heteroatoms. The minimum atomic E-state index is -0.428. The van der Waals surface area contributed by atoms with E-state index >= 15 is 0 Å². The summed E-state index contributed by atoms with van der Waals surface area (Å²) in [6.45, 7) is 0. The zero-order chi connectivity index (χ0) is 21.1. The second-order valence-corrected chi connectivity index (χ2v) is 7.59. The highest BCUT2D eigenvalue weighted by Gasteiger charge is 2.12. The third kappa shape index (κ3) is 4.30. The lowest BCUT2D eigenvalue weighted by Gasteiger charge is -2.07. The monoisotopic (exact) mass is 469 g/mol. The fourth-order valence-corrected chi connectivity index (χ4v) is 3.36. The Hall–Kier alpha value is -3.33.